The number of aliphatic carboxylic acids is 1. The number of carboxylic acids is 1. The number of nitrogens with zero attached hydrogens (tertiary/aromatic N) is 4. The number of carbonyl (C=O) groups excluding carboxylic acids is 7. The number of ether oxygens (including phenoxy) is 7. The van der Waals surface area contributed by atoms with E-state index in [1.807, 2.05) is 97.9 Å². The van der Waals surface area contributed by atoms with E-state index in [4.69, 9.17) is 53.1 Å². The minimum absolute atomic E-state index is 0.0176. The summed E-state index contributed by atoms with van der Waals surface area (Å²) in [5.74, 6) is -7.06. The number of carbonyl (C=O) groups is 8. The summed E-state index contributed by atoms with van der Waals surface area (Å²) in [7, 11) is 6.42. The zero-order valence-electron chi connectivity index (χ0n) is 64.4. The third-order valence-corrected chi connectivity index (χ3v) is 21.9. The molecule has 4 atom stereocenters. The Labute approximate surface area is 639 Å². The molecule has 578 valence electrons. The number of hydrogen-bond acceptors (Lipinski definition) is 21. The maximum atomic E-state index is 13.8. The number of methoxy groups -OCH3 is 5. The molecular weight excluding hydrogens is 1420 g/mol. The Bertz CT molecular complexity index is 5510. The first kappa shape index (κ1) is 79.9. The van der Waals surface area contributed by atoms with Crippen LogP contribution in [0, 0.1) is 39.5 Å². The average Bonchev–Trinajstić information content (AvgIpc) is 1.58. The van der Waals surface area contributed by atoms with E-state index in [9.17, 15) is 53.7 Å². The normalized spacial score (nSPS) is 17.5. The number of carboxylic acid groups (broad SMARTS) is 1. The number of rotatable bonds is 22. The molecule has 0 saturated carbocycles. The van der Waals surface area contributed by atoms with Crippen LogP contribution in [0.1, 0.15) is 156 Å². The lowest BCUT2D eigenvalue weighted by Crippen LogP contribution is -2.42. The van der Waals surface area contributed by atoms with Gasteiger partial charge in [0.25, 0.3) is 0 Å². The van der Waals surface area contributed by atoms with Crippen LogP contribution in [0.15, 0.2) is 97.1 Å². The van der Waals surface area contributed by atoms with Gasteiger partial charge in [-0.2, -0.15) is 0 Å². The Balaban J connectivity index is 0.000000221. The molecule has 6 aliphatic rings. The second-order valence-electron chi connectivity index (χ2n) is 28.0. The van der Waals surface area contributed by atoms with Crippen LogP contribution in [0.4, 0.5) is 0 Å². The third kappa shape index (κ3) is 15.1. The number of allylic oxidation sites excluding steroid dienone is 10. The van der Waals surface area contributed by atoms with Gasteiger partial charge in [0, 0.05) is 80.9 Å². The van der Waals surface area contributed by atoms with Gasteiger partial charge < -0.3 is 68.4 Å². The van der Waals surface area contributed by atoms with Crippen LogP contribution >= 0.6 is 0 Å². The third-order valence-electron chi connectivity index (χ3n) is 21.9. The summed E-state index contributed by atoms with van der Waals surface area (Å²) in [5.41, 5.74) is 19.5. The van der Waals surface area contributed by atoms with Crippen molar-refractivity contribution in [1.29, 1.82) is 0 Å². The van der Waals surface area contributed by atoms with Crippen molar-refractivity contribution in [3.05, 3.63) is 187 Å². The van der Waals surface area contributed by atoms with Gasteiger partial charge in [-0.05, 0) is 196 Å². The van der Waals surface area contributed by atoms with Crippen molar-refractivity contribution >= 4 is 137 Å². The maximum Gasteiger partial charge on any atom is 0.334 e. The SMILES string of the molecule is C=Cc1c(C)c2cc3nc(cc4[nH]c(cc5nc(cc1[nH]2)C(C)=C5CCC(=O)OCCO)c(CCC(=O)OCCO)c4C)[C@@]1(C)C3=CC=C(C(=O)OC)[C@H]1C(=O)OC.C=Cc1c(C)c2cc3nc(cc4nc(cc5[nH]c(cc1[nH]2)c(C)c5CCC(=O)OC)C(CCC(=O)O)=C4C)[C@]1(C)C3=CC=C(C(=O)OC)[C@@H]1C(=O)OC. The molecule has 0 amide bonds. The lowest BCUT2D eigenvalue weighted by molar-refractivity contribution is -0.149. The molecular formula is C85H90N8O18. The zero-order chi connectivity index (χ0) is 80.2. The molecule has 111 heavy (non-hydrogen) atoms. The molecule has 2 aliphatic carbocycles. The van der Waals surface area contributed by atoms with E-state index in [-0.39, 0.29) is 82.1 Å². The number of aliphatic hydroxyl groups is 2. The Morgan fingerprint density at radius 2 is 0.811 bits per heavy atom. The smallest absolute Gasteiger partial charge is 0.334 e. The van der Waals surface area contributed by atoms with Crippen LogP contribution < -0.4 is 0 Å². The molecule has 10 heterocycles. The van der Waals surface area contributed by atoms with Gasteiger partial charge in [-0.15, -0.1) is 0 Å². The number of aromatic nitrogens is 8. The number of fused-ring (bicyclic) bond motifs is 22. The maximum absolute atomic E-state index is 13.8. The minimum atomic E-state index is -1.20. The van der Waals surface area contributed by atoms with Crippen molar-refractivity contribution in [1.82, 2.24) is 39.9 Å². The fraction of sp³-hybridized carbons (Fsp3) is 0.341. The van der Waals surface area contributed by atoms with Crippen LogP contribution in [-0.4, -0.2) is 165 Å². The number of H-pyrrole nitrogens is 4. The number of esters is 7. The number of aromatic amines is 4. The van der Waals surface area contributed by atoms with Crippen LogP contribution in [-0.2, 0) is 95.2 Å². The van der Waals surface area contributed by atoms with Crippen LogP contribution in [0.2, 0.25) is 0 Å². The predicted molar refractivity (Wildman–Crippen MR) is 419 cm³/mol. The fourth-order valence-corrected chi connectivity index (χ4v) is 15.7. The molecule has 0 radical (unpaired) electrons. The number of nitrogens with one attached hydrogen (secondary N) is 4. The van der Waals surface area contributed by atoms with Crippen molar-refractivity contribution in [2.24, 2.45) is 11.8 Å². The van der Waals surface area contributed by atoms with E-state index in [0.717, 1.165) is 99.9 Å². The lowest BCUT2D eigenvalue weighted by atomic mass is 9.64. The van der Waals surface area contributed by atoms with Crippen molar-refractivity contribution in [3.8, 4) is 0 Å². The standard InChI is InChI=1S/C44H48N4O10.C41H42N4O8/c1-8-26-23(2)32-20-37-30-12-9-29(42(53)55-6)41(43(54)56-7)44(30,5)38(48-37)22-33-25(4)28(11-14-40(52)58-18-16-50)36(47-33)21-35-27(10-13-39(51)57-17-15-49)24(3)31(46-35)19-34(26)45-32;1-9-23-20(2)29-17-34-27-13-10-26(39(49)52-7)38(40(50)53-8)41(27,5)35(45-34)19-30-22(4)24(11-14-36(46)47)32(44-30)18-33-25(12-15-37(48)51-6)21(3)28(43-33)16-31(23)42-29/h8-9,12,19-22,41,45,47,49-50H,1,10-11,13-18H2,2-7H3;9-10,13,16-19,38,42-43H,1,11-12,14-15H2,2-8H3,(H,46,47)/t41-,44+;38-,41+/m01/s1. The minimum Gasteiger partial charge on any atom is -0.481 e. The molecule has 7 N–H and O–H groups in total. The highest BCUT2D eigenvalue weighted by Crippen LogP contribution is 2.55. The summed E-state index contributed by atoms with van der Waals surface area (Å²) in [6.45, 7) is 22.8. The van der Waals surface area contributed by atoms with Gasteiger partial charge in [0.2, 0.25) is 0 Å². The zero-order valence-corrected chi connectivity index (χ0v) is 64.4. The largest absolute Gasteiger partial charge is 0.481 e. The summed E-state index contributed by atoms with van der Waals surface area (Å²) >= 11 is 0. The van der Waals surface area contributed by atoms with Gasteiger partial charge in [0.1, 0.15) is 25.0 Å². The Kier molecular flexibility index (Phi) is 23.7. The molecule has 0 unspecified atom stereocenters. The first-order chi connectivity index (χ1) is 53.1. The van der Waals surface area contributed by atoms with E-state index < -0.39 is 64.5 Å². The number of hydrogen-bond donors (Lipinski definition) is 7. The molecule has 0 fully saturated rings. The number of aliphatic hydroxyl groups excluding tert-OH is 2. The molecule has 0 spiro atoms. The summed E-state index contributed by atoms with van der Waals surface area (Å²) in [5, 5.41) is 28.1. The molecule has 4 aliphatic heterocycles. The van der Waals surface area contributed by atoms with E-state index in [1.165, 1.54) is 35.5 Å². The predicted octanol–water partition coefficient (Wildman–Crippen LogP) is 12.3. The van der Waals surface area contributed by atoms with Crippen molar-refractivity contribution < 1.29 is 86.8 Å². The van der Waals surface area contributed by atoms with Gasteiger partial charge in [0.15, 0.2) is 0 Å². The van der Waals surface area contributed by atoms with Crippen molar-refractivity contribution in [3.63, 3.8) is 0 Å². The molecule has 6 aromatic rings. The average molecular weight is 1510 g/mol. The van der Waals surface area contributed by atoms with Gasteiger partial charge in [-0.25, -0.2) is 19.6 Å². The molecule has 0 aromatic carbocycles. The van der Waals surface area contributed by atoms with E-state index in [2.05, 4.69) is 33.1 Å². The lowest BCUT2D eigenvalue weighted by Gasteiger charge is -2.36. The summed E-state index contributed by atoms with van der Waals surface area (Å²) in [6.07, 6.45) is 11.6. The van der Waals surface area contributed by atoms with Crippen LogP contribution in [0.5, 0.6) is 0 Å². The second-order valence-corrected chi connectivity index (χ2v) is 28.0. The van der Waals surface area contributed by atoms with Crippen LogP contribution in [0.3, 0.4) is 0 Å². The van der Waals surface area contributed by atoms with E-state index >= 15 is 0 Å². The first-order valence-electron chi connectivity index (χ1n) is 36.2. The highest BCUT2D eigenvalue weighted by molar-refractivity contribution is 6.04. The monoisotopic (exact) mass is 1510 g/mol. The summed E-state index contributed by atoms with van der Waals surface area (Å²) < 4.78 is 36.1. The highest BCUT2D eigenvalue weighted by atomic mass is 16.6. The molecule has 26 nitrogen and oxygen atoms in total. The van der Waals surface area contributed by atoms with Crippen molar-refractivity contribution in [2.75, 3.05) is 62.0 Å². The van der Waals surface area contributed by atoms with Crippen LogP contribution in [0.25, 0.3) is 89.7 Å². The molecule has 26 heteroatoms. The van der Waals surface area contributed by atoms with E-state index in [1.54, 1.807) is 42.5 Å². The molecule has 16 bridgehead atoms. The highest BCUT2D eigenvalue weighted by Gasteiger charge is 2.55. The quantitative estimate of drug-likeness (QED) is 0.0245. The summed E-state index contributed by atoms with van der Waals surface area (Å²) in [4.78, 5) is 138. The van der Waals surface area contributed by atoms with Gasteiger partial charge in [-0.3, -0.25) is 38.7 Å². The Morgan fingerprint density at radius 1 is 0.432 bits per heavy atom. The van der Waals surface area contributed by atoms with Gasteiger partial charge >= 0.3 is 47.8 Å². The number of aryl methyl sites for hydroxylation is 6. The molecule has 6 aromatic heterocycles. The first-order valence-corrected chi connectivity index (χ1v) is 36.2. The second kappa shape index (κ2) is 33.0. The summed E-state index contributed by atoms with van der Waals surface area (Å²) in [6, 6.07) is 15.2. The Hall–Kier alpha value is -12.2. The topological polar surface area (TPSA) is 377 Å². The Morgan fingerprint density at radius 3 is 1.23 bits per heavy atom. The van der Waals surface area contributed by atoms with Gasteiger partial charge in [0.05, 0.1) is 116 Å². The van der Waals surface area contributed by atoms with Crippen molar-refractivity contribution in [2.45, 2.75) is 118 Å². The molecule has 0 saturated heterocycles. The van der Waals surface area contributed by atoms with E-state index in [0.29, 0.717) is 80.6 Å². The fourth-order valence-electron chi connectivity index (χ4n) is 15.7. The molecule has 12 rings (SSSR count). The van der Waals surface area contributed by atoms with Gasteiger partial charge in [-0.1, -0.05) is 49.6 Å².